The van der Waals surface area contributed by atoms with Crippen LogP contribution in [0.1, 0.15) is 25.3 Å². The summed E-state index contributed by atoms with van der Waals surface area (Å²) in [5.74, 6) is 0. The quantitative estimate of drug-likeness (QED) is 0.526. The predicted octanol–water partition coefficient (Wildman–Crippen LogP) is 6.16. The lowest BCUT2D eigenvalue weighted by atomic mass is 9.92. The monoisotopic (exact) mass is 285 g/mol. The number of rotatable bonds is 5. The molecule has 0 heteroatoms. The van der Waals surface area contributed by atoms with Crippen molar-refractivity contribution in [1.29, 1.82) is 0 Å². The van der Waals surface area contributed by atoms with Gasteiger partial charge in [-0.1, -0.05) is 86.1 Å². The number of hydrogen-bond donors (Lipinski definition) is 0. The lowest BCUT2D eigenvalue weighted by Crippen LogP contribution is -1.91. The van der Waals surface area contributed by atoms with Crippen molar-refractivity contribution in [3.05, 3.63) is 84.4 Å². The van der Waals surface area contributed by atoms with Gasteiger partial charge in [-0.2, -0.15) is 0 Å². The van der Waals surface area contributed by atoms with Gasteiger partial charge in [0.2, 0.25) is 0 Å². The van der Waals surface area contributed by atoms with Gasteiger partial charge in [-0.05, 0) is 46.7 Å². The van der Waals surface area contributed by atoms with Crippen molar-refractivity contribution in [2.75, 3.05) is 0 Å². The zero-order valence-electron chi connectivity index (χ0n) is 13.0. The van der Waals surface area contributed by atoms with Crippen molar-refractivity contribution >= 4 is 0 Å². The standard InChI is InChI=1S/C22H21/c1-2-3-10-18-15-16-21(19-11-6-4-7-12-19)22(17-18)20-13-8-5-9-14-20/h4-9,11-16H,2-3,10H2,1H3. The van der Waals surface area contributed by atoms with Crippen LogP contribution in [0, 0.1) is 6.07 Å². The third-order valence-electron chi connectivity index (χ3n) is 3.95. The maximum atomic E-state index is 3.66. The molecule has 109 valence electrons. The highest BCUT2D eigenvalue weighted by Crippen LogP contribution is 2.32. The molecule has 0 nitrogen and oxygen atoms in total. The van der Waals surface area contributed by atoms with Crippen molar-refractivity contribution in [3.8, 4) is 22.3 Å². The van der Waals surface area contributed by atoms with Crippen molar-refractivity contribution in [2.24, 2.45) is 0 Å². The van der Waals surface area contributed by atoms with Crippen LogP contribution in [-0.4, -0.2) is 0 Å². The second-order valence-corrected chi connectivity index (χ2v) is 5.61. The lowest BCUT2D eigenvalue weighted by Gasteiger charge is -2.12. The van der Waals surface area contributed by atoms with Gasteiger partial charge in [0.05, 0.1) is 0 Å². The van der Waals surface area contributed by atoms with Crippen molar-refractivity contribution < 1.29 is 0 Å². The van der Waals surface area contributed by atoms with Crippen LogP contribution in [0.2, 0.25) is 0 Å². The van der Waals surface area contributed by atoms with Gasteiger partial charge in [-0.3, -0.25) is 0 Å². The third-order valence-corrected chi connectivity index (χ3v) is 3.95. The van der Waals surface area contributed by atoms with Crippen LogP contribution < -0.4 is 0 Å². The van der Waals surface area contributed by atoms with E-state index in [0.717, 1.165) is 6.42 Å². The average molecular weight is 285 g/mol. The van der Waals surface area contributed by atoms with E-state index in [1.807, 2.05) is 0 Å². The van der Waals surface area contributed by atoms with Gasteiger partial charge < -0.3 is 0 Å². The molecule has 22 heavy (non-hydrogen) atoms. The SMILES string of the molecule is CCCCc1[c]c(-c2ccccc2)c(-c2ccccc2)cc1. The van der Waals surface area contributed by atoms with Crippen molar-refractivity contribution in [2.45, 2.75) is 26.2 Å². The van der Waals surface area contributed by atoms with Crippen LogP contribution in [0.5, 0.6) is 0 Å². The van der Waals surface area contributed by atoms with Gasteiger partial charge in [-0.15, -0.1) is 0 Å². The fourth-order valence-electron chi connectivity index (χ4n) is 2.74. The Bertz CT molecular complexity index is 712. The maximum Gasteiger partial charge on any atom is -0.00237 e. The molecule has 0 spiro atoms. The van der Waals surface area contributed by atoms with Gasteiger partial charge in [0, 0.05) is 0 Å². The number of benzene rings is 3. The van der Waals surface area contributed by atoms with E-state index in [0.29, 0.717) is 0 Å². The highest BCUT2D eigenvalue weighted by molar-refractivity contribution is 5.83. The molecule has 0 bridgehead atoms. The molecule has 0 saturated heterocycles. The van der Waals surface area contributed by atoms with E-state index in [9.17, 15) is 0 Å². The Balaban J connectivity index is 2.09. The summed E-state index contributed by atoms with van der Waals surface area (Å²) in [7, 11) is 0. The molecule has 0 N–H and O–H groups in total. The first-order valence-corrected chi connectivity index (χ1v) is 8.04. The topological polar surface area (TPSA) is 0 Å². The second kappa shape index (κ2) is 7.09. The fraction of sp³-hybridized carbons (Fsp3) is 0.182. The third kappa shape index (κ3) is 3.28. The molecule has 0 atom stereocenters. The van der Waals surface area contributed by atoms with Gasteiger partial charge in [0.25, 0.3) is 0 Å². The minimum atomic E-state index is 1.10. The van der Waals surface area contributed by atoms with Gasteiger partial charge in [-0.25, -0.2) is 0 Å². The molecule has 3 rings (SSSR count). The predicted molar refractivity (Wildman–Crippen MR) is 94.8 cm³/mol. The van der Waals surface area contributed by atoms with Gasteiger partial charge >= 0.3 is 0 Å². The largest absolute Gasteiger partial charge is 0.0654 e. The molecular weight excluding hydrogens is 264 g/mol. The van der Waals surface area contributed by atoms with Gasteiger partial charge in [0.15, 0.2) is 0 Å². The minimum Gasteiger partial charge on any atom is -0.0654 e. The van der Waals surface area contributed by atoms with E-state index in [1.165, 1.54) is 40.7 Å². The Labute approximate surface area is 133 Å². The van der Waals surface area contributed by atoms with Gasteiger partial charge in [0.1, 0.15) is 0 Å². The summed E-state index contributed by atoms with van der Waals surface area (Å²) >= 11 is 0. The maximum absolute atomic E-state index is 3.66. The first kappa shape index (κ1) is 14.6. The van der Waals surface area contributed by atoms with E-state index in [4.69, 9.17) is 0 Å². The van der Waals surface area contributed by atoms with E-state index in [2.05, 4.69) is 85.8 Å². The van der Waals surface area contributed by atoms with Crippen LogP contribution >= 0.6 is 0 Å². The molecule has 0 aliphatic rings. The van der Waals surface area contributed by atoms with Crippen LogP contribution in [-0.2, 0) is 6.42 Å². The first-order chi connectivity index (χ1) is 10.9. The average Bonchev–Trinajstić information content (AvgIpc) is 2.61. The van der Waals surface area contributed by atoms with Crippen LogP contribution in [0.3, 0.4) is 0 Å². The molecule has 3 aromatic rings. The Morgan fingerprint density at radius 3 is 2.00 bits per heavy atom. The van der Waals surface area contributed by atoms with E-state index in [1.54, 1.807) is 0 Å². The Hall–Kier alpha value is -2.34. The molecule has 0 amide bonds. The molecule has 0 heterocycles. The molecule has 0 aromatic heterocycles. The number of hydrogen-bond acceptors (Lipinski definition) is 0. The zero-order valence-corrected chi connectivity index (χ0v) is 13.0. The molecule has 0 fully saturated rings. The minimum absolute atomic E-state index is 1.10. The Kier molecular flexibility index (Phi) is 4.70. The number of aryl methyl sites for hydroxylation is 1. The first-order valence-electron chi connectivity index (χ1n) is 8.04. The van der Waals surface area contributed by atoms with E-state index in [-0.39, 0.29) is 0 Å². The highest BCUT2D eigenvalue weighted by Gasteiger charge is 2.08. The zero-order chi connectivity index (χ0) is 15.2. The summed E-state index contributed by atoms with van der Waals surface area (Å²) in [6.07, 6.45) is 3.54. The summed E-state index contributed by atoms with van der Waals surface area (Å²) in [6.45, 7) is 2.23. The Morgan fingerprint density at radius 1 is 0.727 bits per heavy atom. The fourth-order valence-corrected chi connectivity index (χ4v) is 2.74. The summed E-state index contributed by atoms with van der Waals surface area (Å²) in [5, 5.41) is 0. The molecule has 3 aromatic carbocycles. The van der Waals surface area contributed by atoms with Crippen LogP contribution in [0.25, 0.3) is 22.3 Å². The smallest absolute Gasteiger partial charge is 0.00237 e. The normalized spacial score (nSPS) is 10.6. The Morgan fingerprint density at radius 2 is 1.36 bits per heavy atom. The van der Waals surface area contributed by atoms with E-state index >= 15 is 0 Å². The molecular formula is C22H21. The van der Waals surface area contributed by atoms with Crippen LogP contribution in [0.4, 0.5) is 0 Å². The molecule has 0 saturated carbocycles. The lowest BCUT2D eigenvalue weighted by molar-refractivity contribution is 0.794. The number of unbranched alkanes of at least 4 members (excludes halogenated alkanes) is 1. The van der Waals surface area contributed by atoms with E-state index < -0.39 is 0 Å². The molecule has 1 radical (unpaired) electrons. The summed E-state index contributed by atoms with van der Waals surface area (Å²) in [6, 6.07) is 29.3. The van der Waals surface area contributed by atoms with Crippen molar-refractivity contribution in [1.82, 2.24) is 0 Å². The molecule has 0 unspecified atom stereocenters. The van der Waals surface area contributed by atoms with Crippen LogP contribution in [0.15, 0.2) is 72.8 Å². The highest BCUT2D eigenvalue weighted by atomic mass is 14.1. The second-order valence-electron chi connectivity index (χ2n) is 5.61. The molecule has 0 aliphatic heterocycles. The summed E-state index contributed by atoms with van der Waals surface area (Å²) in [5.41, 5.74) is 6.26. The summed E-state index contributed by atoms with van der Waals surface area (Å²) < 4.78 is 0. The van der Waals surface area contributed by atoms with Crippen molar-refractivity contribution in [3.63, 3.8) is 0 Å². The summed E-state index contributed by atoms with van der Waals surface area (Å²) in [4.78, 5) is 0. The molecule has 0 aliphatic carbocycles.